The molecular formula is C29H38N8O3. The molecule has 0 radical (unpaired) electrons. The van der Waals surface area contributed by atoms with Crippen LogP contribution in [0.5, 0.6) is 0 Å². The van der Waals surface area contributed by atoms with E-state index < -0.39 is 0 Å². The van der Waals surface area contributed by atoms with Gasteiger partial charge in [0.1, 0.15) is 5.82 Å². The Kier molecular flexibility index (Phi) is 9.62. The molecule has 0 spiro atoms. The molecule has 0 unspecified atom stereocenters. The van der Waals surface area contributed by atoms with E-state index in [0.717, 1.165) is 36.6 Å². The normalized spacial score (nSPS) is 13.4. The molecule has 0 aliphatic carbocycles. The lowest BCUT2D eigenvalue weighted by atomic mass is 10.0. The van der Waals surface area contributed by atoms with E-state index in [0.29, 0.717) is 48.3 Å². The minimum Gasteiger partial charge on any atom is -0.378 e. The average molecular weight is 547 g/mol. The molecule has 3 amide bonds. The molecular weight excluding hydrogens is 508 g/mol. The Morgan fingerprint density at radius 3 is 2.30 bits per heavy atom. The number of benzene rings is 2. The molecule has 11 heteroatoms. The van der Waals surface area contributed by atoms with Crippen LogP contribution in [0, 0.1) is 0 Å². The number of morpholine rings is 1. The van der Waals surface area contributed by atoms with Crippen molar-refractivity contribution < 1.29 is 14.3 Å². The van der Waals surface area contributed by atoms with Gasteiger partial charge in [0.05, 0.1) is 13.2 Å². The first-order valence-corrected chi connectivity index (χ1v) is 13.5. The molecule has 1 aromatic heterocycles. The Labute approximate surface area is 235 Å². The Bertz CT molecular complexity index is 1320. The summed E-state index contributed by atoms with van der Waals surface area (Å²) in [6.07, 6.45) is 0.678. The van der Waals surface area contributed by atoms with Gasteiger partial charge >= 0.3 is 6.03 Å². The average Bonchev–Trinajstić information content (AvgIpc) is 2.96. The van der Waals surface area contributed by atoms with Gasteiger partial charge in [-0.25, -0.2) is 9.78 Å². The van der Waals surface area contributed by atoms with Crippen LogP contribution in [0.2, 0.25) is 0 Å². The molecule has 0 bridgehead atoms. The number of nitrogens with one attached hydrogen (secondary N) is 3. The van der Waals surface area contributed by atoms with E-state index in [1.54, 1.807) is 19.2 Å². The summed E-state index contributed by atoms with van der Waals surface area (Å²) in [4.78, 5) is 43.3. The van der Waals surface area contributed by atoms with E-state index in [9.17, 15) is 9.59 Å². The van der Waals surface area contributed by atoms with E-state index in [1.165, 1.54) is 0 Å². The monoisotopic (exact) mass is 546 g/mol. The second-order valence-electron chi connectivity index (χ2n) is 10.2. The van der Waals surface area contributed by atoms with Crippen LogP contribution in [-0.2, 0) is 11.2 Å². The van der Waals surface area contributed by atoms with Crippen LogP contribution in [0.3, 0.4) is 0 Å². The summed E-state index contributed by atoms with van der Waals surface area (Å²) in [5.41, 5.74) is 3.53. The smallest absolute Gasteiger partial charge is 0.323 e. The van der Waals surface area contributed by atoms with E-state index in [4.69, 9.17) is 14.7 Å². The van der Waals surface area contributed by atoms with Gasteiger partial charge in [0.15, 0.2) is 5.82 Å². The van der Waals surface area contributed by atoms with Gasteiger partial charge in [-0.05, 0) is 68.5 Å². The van der Waals surface area contributed by atoms with Crippen LogP contribution in [0.15, 0.2) is 42.5 Å². The number of ether oxygens (including phenoxy) is 1. The molecule has 1 fully saturated rings. The maximum absolute atomic E-state index is 12.8. The highest BCUT2D eigenvalue weighted by Crippen LogP contribution is 2.24. The summed E-state index contributed by atoms with van der Waals surface area (Å²) >= 11 is 0. The zero-order chi connectivity index (χ0) is 28.6. The molecule has 1 saturated heterocycles. The number of rotatable bonds is 9. The van der Waals surface area contributed by atoms with Crippen LogP contribution < -0.4 is 20.9 Å². The molecule has 0 atom stereocenters. The second-order valence-corrected chi connectivity index (χ2v) is 10.2. The van der Waals surface area contributed by atoms with Gasteiger partial charge in [-0.15, -0.1) is 0 Å². The largest absolute Gasteiger partial charge is 0.378 e. The quantitative estimate of drug-likeness (QED) is 0.372. The fourth-order valence-electron chi connectivity index (χ4n) is 4.25. The number of amides is 3. The molecule has 2 aromatic carbocycles. The Morgan fingerprint density at radius 1 is 0.975 bits per heavy atom. The maximum Gasteiger partial charge on any atom is 0.323 e. The Hall–Kier alpha value is -4.09. The van der Waals surface area contributed by atoms with Gasteiger partial charge in [-0.2, -0.15) is 9.97 Å². The molecule has 1 aliphatic heterocycles. The number of anilines is 3. The van der Waals surface area contributed by atoms with Gasteiger partial charge < -0.3 is 30.5 Å². The molecule has 40 heavy (non-hydrogen) atoms. The van der Waals surface area contributed by atoms with Gasteiger partial charge in [0.25, 0.3) is 5.91 Å². The fraction of sp³-hybridized carbons (Fsp3) is 0.414. The van der Waals surface area contributed by atoms with E-state index in [1.807, 2.05) is 49.3 Å². The van der Waals surface area contributed by atoms with Gasteiger partial charge in [0.2, 0.25) is 5.95 Å². The molecule has 3 N–H and O–H groups in total. The zero-order valence-electron chi connectivity index (χ0n) is 23.8. The Morgan fingerprint density at radius 2 is 1.65 bits per heavy atom. The topological polar surface area (TPSA) is 125 Å². The molecule has 212 valence electrons. The van der Waals surface area contributed by atoms with Gasteiger partial charge in [-0.3, -0.25) is 4.79 Å². The van der Waals surface area contributed by atoms with Crippen molar-refractivity contribution in [3.63, 3.8) is 0 Å². The SMILES string of the molecule is CNC(=O)c1ccc(NC(=O)Nc2ccc(-c3nc(C(C)C)nc(N4CCOCC4)n3)cc2)cc1CCN(C)C. The predicted octanol–water partition coefficient (Wildman–Crippen LogP) is 3.61. The third-order valence-corrected chi connectivity index (χ3v) is 6.52. The lowest BCUT2D eigenvalue weighted by Gasteiger charge is -2.27. The Balaban J connectivity index is 1.46. The third-order valence-electron chi connectivity index (χ3n) is 6.52. The fourth-order valence-corrected chi connectivity index (χ4v) is 4.25. The number of aromatic nitrogens is 3. The van der Waals surface area contributed by atoms with Crippen LogP contribution in [0.1, 0.15) is 41.5 Å². The van der Waals surface area contributed by atoms with E-state index in [2.05, 4.69) is 39.7 Å². The van der Waals surface area contributed by atoms with Crippen LogP contribution in [0.4, 0.5) is 22.1 Å². The van der Waals surface area contributed by atoms with Crippen molar-refractivity contribution in [1.82, 2.24) is 25.2 Å². The molecule has 4 rings (SSSR count). The molecule has 1 aliphatic rings. The molecule has 2 heterocycles. The van der Waals surface area contributed by atoms with Gasteiger partial charge in [0, 0.05) is 55.1 Å². The van der Waals surface area contributed by atoms with Crippen molar-refractivity contribution in [3.05, 3.63) is 59.4 Å². The van der Waals surface area contributed by atoms with E-state index >= 15 is 0 Å². The van der Waals surface area contributed by atoms with Crippen molar-refractivity contribution in [3.8, 4) is 11.4 Å². The van der Waals surface area contributed by atoms with Crippen molar-refractivity contribution in [2.24, 2.45) is 0 Å². The number of likely N-dealkylation sites (N-methyl/N-ethyl adjacent to an activating group) is 1. The highest BCUT2D eigenvalue weighted by atomic mass is 16.5. The van der Waals surface area contributed by atoms with Crippen molar-refractivity contribution in [2.75, 3.05) is 69.5 Å². The summed E-state index contributed by atoms with van der Waals surface area (Å²) in [6, 6.07) is 12.3. The summed E-state index contributed by atoms with van der Waals surface area (Å²) in [5.74, 6) is 1.99. The lowest BCUT2D eigenvalue weighted by molar-refractivity contribution is 0.0962. The van der Waals surface area contributed by atoms with Crippen molar-refractivity contribution in [1.29, 1.82) is 0 Å². The number of carbonyl (C=O) groups excluding carboxylic acids is 2. The third kappa shape index (κ3) is 7.51. The first kappa shape index (κ1) is 28.9. The standard InChI is InChI=1S/C29H38N8O3/c1-19(2)25-33-26(35-28(34-25)37-14-16-40-17-15-37)20-6-8-22(9-7-20)31-29(39)32-23-10-11-24(27(38)30-3)21(18-23)12-13-36(4)5/h6-11,18-19H,12-17H2,1-5H3,(H,30,38)(H2,31,32,39). The van der Waals surface area contributed by atoms with E-state index in [-0.39, 0.29) is 17.9 Å². The number of nitrogens with zero attached hydrogens (tertiary/aromatic N) is 5. The predicted molar refractivity (Wildman–Crippen MR) is 157 cm³/mol. The molecule has 11 nitrogen and oxygen atoms in total. The number of carbonyl (C=O) groups is 2. The first-order valence-electron chi connectivity index (χ1n) is 13.5. The van der Waals surface area contributed by atoms with Crippen LogP contribution in [0.25, 0.3) is 11.4 Å². The number of urea groups is 1. The summed E-state index contributed by atoms with van der Waals surface area (Å²) in [7, 11) is 5.57. The minimum absolute atomic E-state index is 0.152. The second kappa shape index (κ2) is 13.3. The zero-order valence-corrected chi connectivity index (χ0v) is 23.8. The number of hydrogen-bond acceptors (Lipinski definition) is 8. The van der Waals surface area contributed by atoms with Gasteiger partial charge in [-0.1, -0.05) is 13.8 Å². The highest BCUT2D eigenvalue weighted by Gasteiger charge is 2.18. The molecule has 0 saturated carbocycles. The summed E-state index contributed by atoms with van der Waals surface area (Å²) in [5, 5.41) is 8.41. The number of hydrogen-bond donors (Lipinski definition) is 3. The summed E-state index contributed by atoms with van der Waals surface area (Å²) in [6.45, 7) is 7.68. The minimum atomic E-state index is -0.379. The van der Waals surface area contributed by atoms with Crippen molar-refractivity contribution in [2.45, 2.75) is 26.2 Å². The maximum atomic E-state index is 12.8. The summed E-state index contributed by atoms with van der Waals surface area (Å²) < 4.78 is 5.47. The highest BCUT2D eigenvalue weighted by molar-refractivity contribution is 6.01. The van der Waals surface area contributed by atoms with Crippen LogP contribution >= 0.6 is 0 Å². The lowest BCUT2D eigenvalue weighted by Crippen LogP contribution is -2.37. The van der Waals surface area contributed by atoms with Crippen LogP contribution in [-0.4, -0.2) is 85.8 Å². The molecule has 3 aromatic rings. The van der Waals surface area contributed by atoms with Crippen molar-refractivity contribution >= 4 is 29.3 Å². The first-order chi connectivity index (χ1) is 19.2.